The van der Waals surface area contributed by atoms with E-state index in [4.69, 9.17) is 10.5 Å². The molecule has 1 saturated heterocycles. The molecule has 0 bridgehead atoms. The molecule has 6 heteroatoms. The van der Waals surface area contributed by atoms with Gasteiger partial charge in [0.05, 0.1) is 12.6 Å². The number of hydrogen-bond acceptors (Lipinski definition) is 3. The normalized spacial score (nSPS) is 23.1. The summed E-state index contributed by atoms with van der Waals surface area (Å²) in [4.78, 5) is 4.22. The highest BCUT2D eigenvalue weighted by molar-refractivity contribution is 7.86. The first-order chi connectivity index (χ1) is 8.39. The topological polar surface area (TPSA) is 76.7 Å². The van der Waals surface area contributed by atoms with E-state index in [1.54, 1.807) is 0 Å². The van der Waals surface area contributed by atoms with Crippen LogP contribution < -0.4 is 11.1 Å². The Morgan fingerprint density at radius 3 is 2.83 bits per heavy atom. The minimum absolute atomic E-state index is 0.175. The number of nitrogens with one attached hydrogen (secondary N) is 1. The fourth-order valence-electron chi connectivity index (χ4n) is 1.62. The van der Waals surface area contributed by atoms with Crippen LogP contribution in [0.1, 0.15) is 33.6 Å². The summed E-state index contributed by atoms with van der Waals surface area (Å²) in [5.74, 6) is 0.996. The molecule has 0 aromatic rings. The Kier molecular flexibility index (Phi) is 6.08. The van der Waals surface area contributed by atoms with Crippen LogP contribution in [-0.4, -0.2) is 46.5 Å². The van der Waals surface area contributed by atoms with Crippen molar-refractivity contribution in [2.24, 2.45) is 10.7 Å². The Labute approximate surface area is 112 Å². The van der Waals surface area contributed by atoms with Crippen molar-refractivity contribution in [3.63, 3.8) is 0 Å². The highest BCUT2D eigenvalue weighted by atomic mass is 32.2. The fraction of sp³-hybridized carbons (Fsp3) is 0.917. The van der Waals surface area contributed by atoms with Gasteiger partial charge in [0, 0.05) is 34.5 Å². The smallest absolute Gasteiger partial charge is 0.188 e. The second kappa shape index (κ2) is 7.09. The van der Waals surface area contributed by atoms with Crippen LogP contribution in [0.25, 0.3) is 0 Å². The predicted molar refractivity (Wildman–Crippen MR) is 76.2 cm³/mol. The molecule has 2 unspecified atom stereocenters. The van der Waals surface area contributed by atoms with Crippen LogP contribution in [0, 0.1) is 0 Å². The Balaban J connectivity index is 2.18. The molecule has 0 amide bonds. The monoisotopic (exact) mass is 275 g/mol. The van der Waals surface area contributed by atoms with Gasteiger partial charge in [0.2, 0.25) is 0 Å². The Hall–Kier alpha value is -0.620. The van der Waals surface area contributed by atoms with Gasteiger partial charge in [-0.15, -0.1) is 0 Å². The summed E-state index contributed by atoms with van der Waals surface area (Å²) in [5, 5.41) is 2.99. The molecule has 3 N–H and O–H groups in total. The van der Waals surface area contributed by atoms with E-state index in [1.807, 2.05) is 20.8 Å². The van der Waals surface area contributed by atoms with Crippen molar-refractivity contribution in [1.29, 1.82) is 0 Å². The van der Waals surface area contributed by atoms with Crippen molar-refractivity contribution in [2.45, 2.75) is 44.5 Å². The van der Waals surface area contributed by atoms with Crippen molar-refractivity contribution in [3.8, 4) is 0 Å². The lowest BCUT2D eigenvalue weighted by molar-refractivity contribution is 0.118. The lowest BCUT2D eigenvalue weighted by Gasteiger charge is -2.17. The zero-order chi connectivity index (χ0) is 13.6. The quantitative estimate of drug-likeness (QED) is 0.569. The third-order valence-corrected chi connectivity index (χ3v) is 4.71. The Morgan fingerprint density at radius 1 is 1.56 bits per heavy atom. The Morgan fingerprint density at radius 2 is 2.28 bits per heavy atom. The number of rotatable bonds is 5. The average molecular weight is 275 g/mol. The van der Waals surface area contributed by atoms with Gasteiger partial charge in [-0.25, -0.2) is 0 Å². The van der Waals surface area contributed by atoms with Gasteiger partial charge in [-0.3, -0.25) is 9.20 Å². The number of guanidine groups is 1. The van der Waals surface area contributed by atoms with Gasteiger partial charge in [-0.05, 0) is 33.6 Å². The third kappa shape index (κ3) is 5.82. The molecule has 0 aliphatic carbocycles. The van der Waals surface area contributed by atoms with Gasteiger partial charge in [0.1, 0.15) is 0 Å². The SMILES string of the molecule is CC(C)(C)S(=O)CCNC(N)=NCC1CCCO1. The maximum Gasteiger partial charge on any atom is 0.188 e. The Bertz CT molecular complexity index is 307. The molecule has 0 spiro atoms. The van der Waals surface area contributed by atoms with Gasteiger partial charge in [0.25, 0.3) is 0 Å². The lowest BCUT2D eigenvalue weighted by Crippen LogP contribution is -2.37. The number of nitrogens with two attached hydrogens (primary N) is 1. The van der Waals surface area contributed by atoms with Crippen LogP contribution in [0.3, 0.4) is 0 Å². The summed E-state index contributed by atoms with van der Waals surface area (Å²) in [6.45, 7) is 7.94. The van der Waals surface area contributed by atoms with Crippen molar-refractivity contribution >= 4 is 16.8 Å². The second-order valence-corrected chi connectivity index (χ2v) is 7.77. The minimum atomic E-state index is -0.857. The zero-order valence-corrected chi connectivity index (χ0v) is 12.4. The van der Waals surface area contributed by atoms with Gasteiger partial charge in [0.15, 0.2) is 5.96 Å². The zero-order valence-electron chi connectivity index (χ0n) is 11.6. The summed E-state index contributed by atoms with van der Waals surface area (Å²) >= 11 is 0. The third-order valence-electron chi connectivity index (χ3n) is 2.77. The van der Waals surface area contributed by atoms with Crippen LogP contribution in [0.5, 0.6) is 0 Å². The summed E-state index contributed by atoms with van der Waals surface area (Å²) in [7, 11) is -0.857. The van der Waals surface area contributed by atoms with E-state index in [9.17, 15) is 4.21 Å². The maximum atomic E-state index is 11.8. The van der Waals surface area contributed by atoms with E-state index in [2.05, 4.69) is 10.3 Å². The standard InChI is InChI=1S/C12H25N3O2S/c1-12(2,3)18(16)8-6-14-11(13)15-9-10-5-4-7-17-10/h10H,4-9H2,1-3H3,(H3,13,14,15). The van der Waals surface area contributed by atoms with Crippen LogP contribution in [0.4, 0.5) is 0 Å². The predicted octanol–water partition coefficient (Wildman–Crippen LogP) is 0.617. The first-order valence-electron chi connectivity index (χ1n) is 6.43. The molecule has 0 aromatic carbocycles. The first kappa shape index (κ1) is 15.4. The molecular formula is C12H25N3O2S. The van der Waals surface area contributed by atoms with Crippen LogP contribution in [0.15, 0.2) is 4.99 Å². The summed E-state index contributed by atoms with van der Waals surface area (Å²) < 4.78 is 17.1. The van der Waals surface area contributed by atoms with Crippen molar-refractivity contribution < 1.29 is 8.95 Å². The van der Waals surface area contributed by atoms with Crippen molar-refractivity contribution in [1.82, 2.24) is 5.32 Å². The molecular weight excluding hydrogens is 250 g/mol. The van der Waals surface area contributed by atoms with Crippen LogP contribution in [0.2, 0.25) is 0 Å². The summed E-state index contributed by atoms with van der Waals surface area (Å²) in [6, 6.07) is 0. The van der Waals surface area contributed by atoms with Gasteiger partial charge in [-0.1, -0.05) is 0 Å². The van der Waals surface area contributed by atoms with E-state index >= 15 is 0 Å². The maximum absolute atomic E-state index is 11.8. The average Bonchev–Trinajstić information content (AvgIpc) is 2.77. The largest absolute Gasteiger partial charge is 0.376 e. The van der Waals surface area contributed by atoms with E-state index in [1.165, 1.54) is 0 Å². The van der Waals surface area contributed by atoms with E-state index in [0.717, 1.165) is 19.4 Å². The molecule has 1 aliphatic heterocycles. The van der Waals surface area contributed by atoms with Crippen molar-refractivity contribution in [2.75, 3.05) is 25.4 Å². The number of aliphatic imine (C=N–C) groups is 1. The minimum Gasteiger partial charge on any atom is -0.376 e. The molecule has 0 saturated carbocycles. The van der Waals surface area contributed by atoms with E-state index in [-0.39, 0.29) is 10.9 Å². The molecule has 1 aliphatic rings. The summed E-state index contributed by atoms with van der Waals surface area (Å²) in [6.07, 6.45) is 2.39. The van der Waals surface area contributed by atoms with Crippen LogP contribution >= 0.6 is 0 Å². The molecule has 0 radical (unpaired) electrons. The van der Waals surface area contributed by atoms with Crippen molar-refractivity contribution in [3.05, 3.63) is 0 Å². The molecule has 1 rings (SSSR count). The number of nitrogens with zero attached hydrogens (tertiary/aromatic N) is 1. The van der Waals surface area contributed by atoms with E-state index in [0.29, 0.717) is 24.8 Å². The highest BCUT2D eigenvalue weighted by Crippen LogP contribution is 2.12. The fourth-order valence-corrected chi connectivity index (χ4v) is 2.52. The van der Waals surface area contributed by atoms with E-state index < -0.39 is 10.8 Å². The van der Waals surface area contributed by atoms with Gasteiger partial charge >= 0.3 is 0 Å². The van der Waals surface area contributed by atoms with Gasteiger partial charge < -0.3 is 15.8 Å². The molecule has 2 atom stereocenters. The van der Waals surface area contributed by atoms with Gasteiger partial charge in [-0.2, -0.15) is 0 Å². The molecule has 1 fully saturated rings. The summed E-state index contributed by atoms with van der Waals surface area (Å²) in [5.41, 5.74) is 5.73. The first-order valence-corrected chi connectivity index (χ1v) is 7.75. The molecule has 18 heavy (non-hydrogen) atoms. The van der Waals surface area contributed by atoms with Crippen LogP contribution in [-0.2, 0) is 15.5 Å². The number of ether oxygens (including phenoxy) is 1. The molecule has 5 nitrogen and oxygen atoms in total. The second-order valence-electron chi connectivity index (χ2n) is 5.45. The molecule has 1 heterocycles. The number of hydrogen-bond donors (Lipinski definition) is 2. The molecule has 0 aromatic heterocycles. The lowest BCUT2D eigenvalue weighted by atomic mass is 10.2. The highest BCUT2D eigenvalue weighted by Gasteiger charge is 2.18. The molecule has 106 valence electrons.